The summed E-state index contributed by atoms with van der Waals surface area (Å²) in [5.74, 6) is -0.268. The molecule has 0 unspecified atom stereocenters. The van der Waals surface area contributed by atoms with E-state index in [2.05, 4.69) is 20.6 Å². The quantitative estimate of drug-likeness (QED) is 0.671. The fraction of sp³-hybridized carbons (Fsp3) is 0.200. The van der Waals surface area contributed by atoms with Crippen LogP contribution >= 0.6 is 11.3 Å². The average Bonchev–Trinajstić information content (AvgIpc) is 3.19. The molecule has 6 nitrogen and oxygen atoms in total. The number of rotatable bonds is 5. The van der Waals surface area contributed by atoms with E-state index in [9.17, 15) is 9.18 Å². The summed E-state index contributed by atoms with van der Waals surface area (Å²) in [6.07, 6.45) is 0. The van der Waals surface area contributed by atoms with Crippen LogP contribution in [0.1, 0.15) is 11.4 Å². The third kappa shape index (κ3) is 3.59. The van der Waals surface area contributed by atoms with Crippen molar-refractivity contribution in [2.75, 3.05) is 7.05 Å². The van der Waals surface area contributed by atoms with Crippen molar-refractivity contribution >= 4 is 28.3 Å². The van der Waals surface area contributed by atoms with Gasteiger partial charge in [-0.1, -0.05) is 0 Å². The molecule has 0 saturated carbocycles. The molecule has 3 N–H and O–H groups in total. The Labute approximate surface area is 135 Å². The van der Waals surface area contributed by atoms with Crippen LogP contribution in [0.3, 0.4) is 0 Å². The fourth-order valence-corrected chi connectivity index (χ4v) is 2.67. The lowest BCUT2D eigenvalue weighted by Gasteiger charge is -2.05. The molecular weight excluding hydrogens is 319 g/mol. The number of carbonyl (C=O) groups is 1. The van der Waals surface area contributed by atoms with Crippen molar-refractivity contribution in [3.8, 4) is 5.75 Å². The minimum Gasteiger partial charge on any atom is -0.484 e. The molecule has 2 aromatic heterocycles. The second-order valence-electron chi connectivity index (χ2n) is 4.87. The number of hydrogen-bond donors (Lipinski definition) is 3. The maximum absolute atomic E-state index is 14.1. The number of ether oxygens (including phenoxy) is 1. The Hall–Kier alpha value is -2.61. The second-order valence-corrected chi connectivity index (χ2v) is 5.58. The smallest absolute Gasteiger partial charge is 0.314 e. The number of urea groups is 1. The lowest BCUT2D eigenvalue weighted by atomic mass is 10.2. The van der Waals surface area contributed by atoms with Crippen LogP contribution in [0.5, 0.6) is 5.75 Å². The molecule has 2 heterocycles. The molecule has 23 heavy (non-hydrogen) atoms. The molecule has 0 fully saturated rings. The van der Waals surface area contributed by atoms with Gasteiger partial charge in [-0.05, 0) is 12.1 Å². The summed E-state index contributed by atoms with van der Waals surface area (Å²) in [5, 5.41) is 7.71. The van der Waals surface area contributed by atoms with Crippen molar-refractivity contribution in [1.29, 1.82) is 0 Å². The van der Waals surface area contributed by atoms with Gasteiger partial charge in [0.1, 0.15) is 6.61 Å². The normalized spacial score (nSPS) is 10.7. The van der Waals surface area contributed by atoms with Gasteiger partial charge < -0.3 is 20.4 Å². The van der Waals surface area contributed by atoms with E-state index in [0.29, 0.717) is 6.54 Å². The summed E-state index contributed by atoms with van der Waals surface area (Å²) >= 11 is 1.46. The number of halogens is 1. The molecule has 3 rings (SSSR count). The number of carbonyl (C=O) groups excluding carboxylic acids is 1. The Balaban J connectivity index is 1.75. The summed E-state index contributed by atoms with van der Waals surface area (Å²) in [5.41, 5.74) is 3.99. The highest BCUT2D eigenvalue weighted by Crippen LogP contribution is 2.26. The van der Waals surface area contributed by atoms with Gasteiger partial charge in [0.25, 0.3) is 0 Å². The molecule has 0 spiro atoms. The van der Waals surface area contributed by atoms with Crippen LogP contribution in [0.2, 0.25) is 0 Å². The van der Waals surface area contributed by atoms with E-state index in [1.165, 1.54) is 17.4 Å². The Morgan fingerprint density at radius 1 is 1.43 bits per heavy atom. The van der Waals surface area contributed by atoms with Crippen LogP contribution in [0.4, 0.5) is 9.18 Å². The van der Waals surface area contributed by atoms with Crippen molar-refractivity contribution in [2.24, 2.45) is 0 Å². The zero-order valence-corrected chi connectivity index (χ0v) is 13.2. The maximum Gasteiger partial charge on any atom is 0.314 e. The number of hydrogen-bond acceptors (Lipinski definition) is 4. The molecule has 3 aromatic rings. The molecule has 0 aliphatic rings. The van der Waals surface area contributed by atoms with E-state index in [1.54, 1.807) is 24.7 Å². The van der Waals surface area contributed by atoms with Gasteiger partial charge in [-0.15, -0.1) is 11.3 Å². The van der Waals surface area contributed by atoms with Crippen LogP contribution in [0.25, 0.3) is 10.9 Å². The molecule has 1 aromatic carbocycles. The predicted molar refractivity (Wildman–Crippen MR) is 86.0 cm³/mol. The lowest BCUT2D eigenvalue weighted by molar-refractivity contribution is 0.242. The number of nitrogens with zero attached hydrogens (tertiary/aromatic N) is 1. The third-order valence-electron chi connectivity index (χ3n) is 3.25. The van der Waals surface area contributed by atoms with Gasteiger partial charge in [-0.2, -0.15) is 0 Å². The molecule has 0 radical (unpaired) electrons. The van der Waals surface area contributed by atoms with Crippen molar-refractivity contribution < 1.29 is 13.9 Å². The molecule has 120 valence electrons. The van der Waals surface area contributed by atoms with Crippen molar-refractivity contribution in [2.45, 2.75) is 13.2 Å². The second kappa shape index (κ2) is 6.66. The summed E-state index contributed by atoms with van der Waals surface area (Å²) < 4.78 is 19.6. The highest BCUT2D eigenvalue weighted by Gasteiger charge is 2.10. The molecular formula is C15H15FN4O2S. The average molecular weight is 334 g/mol. The lowest BCUT2D eigenvalue weighted by Crippen LogP contribution is -2.32. The Bertz CT molecular complexity index is 816. The Morgan fingerprint density at radius 2 is 2.30 bits per heavy atom. The van der Waals surface area contributed by atoms with Gasteiger partial charge in [-0.3, -0.25) is 0 Å². The summed E-state index contributed by atoms with van der Waals surface area (Å²) in [7, 11) is 1.54. The molecule has 2 amide bonds. The van der Waals surface area contributed by atoms with Gasteiger partial charge >= 0.3 is 6.03 Å². The first-order valence-corrected chi connectivity index (χ1v) is 7.86. The van der Waals surface area contributed by atoms with E-state index in [0.717, 1.165) is 22.3 Å². The van der Waals surface area contributed by atoms with E-state index >= 15 is 0 Å². The molecule has 0 saturated heterocycles. The number of thiazole rings is 1. The largest absolute Gasteiger partial charge is 0.484 e. The van der Waals surface area contributed by atoms with Crippen LogP contribution in [0, 0.1) is 5.82 Å². The number of aromatic nitrogens is 2. The van der Waals surface area contributed by atoms with Gasteiger partial charge in [0.15, 0.2) is 11.6 Å². The third-order valence-corrected chi connectivity index (χ3v) is 3.89. The molecule has 0 aliphatic carbocycles. The fourth-order valence-electron chi connectivity index (χ4n) is 2.12. The predicted octanol–water partition coefficient (Wildman–Crippen LogP) is 2.77. The first-order chi connectivity index (χ1) is 11.2. The SMILES string of the molecule is CNC(=O)NCc1cc2cc(F)c(OCc3cscn3)cc2[nH]1. The molecule has 0 aliphatic heterocycles. The minimum atomic E-state index is -0.433. The molecule has 0 bridgehead atoms. The zero-order valence-electron chi connectivity index (χ0n) is 12.4. The summed E-state index contributed by atoms with van der Waals surface area (Å²) in [6, 6.07) is 4.53. The monoisotopic (exact) mass is 334 g/mol. The van der Waals surface area contributed by atoms with Crippen LogP contribution in [-0.2, 0) is 13.2 Å². The molecule has 0 atom stereocenters. The number of amides is 2. The van der Waals surface area contributed by atoms with Crippen molar-refractivity contribution in [3.63, 3.8) is 0 Å². The Kier molecular flexibility index (Phi) is 4.42. The van der Waals surface area contributed by atoms with Crippen molar-refractivity contribution in [3.05, 3.63) is 46.3 Å². The van der Waals surface area contributed by atoms with E-state index in [-0.39, 0.29) is 18.4 Å². The van der Waals surface area contributed by atoms with Gasteiger partial charge in [-0.25, -0.2) is 14.2 Å². The van der Waals surface area contributed by atoms with Crippen molar-refractivity contribution in [1.82, 2.24) is 20.6 Å². The topological polar surface area (TPSA) is 79.0 Å². The number of fused-ring (bicyclic) bond motifs is 1. The van der Waals surface area contributed by atoms with Gasteiger partial charge in [0.05, 0.1) is 17.7 Å². The number of aromatic amines is 1. The minimum absolute atomic E-state index is 0.165. The summed E-state index contributed by atoms with van der Waals surface area (Å²) in [6.45, 7) is 0.544. The van der Waals surface area contributed by atoms with E-state index in [1.807, 2.05) is 5.38 Å². The Morgan fingerprint density at radius 3 is 3.04 bits per heavy atom. The highest BCUT2D eigenvalue weighted by atomic mass is 32.1. The van der Waals surface area contributed by atoms with Crippen LogP contribution in [-0.4, -0.2) is 23.0 Å². The highest BCUT2D eigenvalue weighted by molar-refractivity contribution is 7.07. The van der Waals surface area contributed by atoms with Gasteiger partial charge in [0.2, 0.25) is 0 Å². The maximum atomic E-state index is 14.1. The zero-order chi connectivity index (χ0) is 16.2. The first-order valence-electron chi connectivity index (χ1n) is 6.92. The summed E-state index contributed by atoms with van der Waals surface area (Å²) in [4.78, 5) is 18.4. The van der Waals surface area contributed by atoms with Gasteiger partial charge in [0, 0.05) is 35.1 Å². The van der Waals surface area contributed by atoms with E-state index < -0.39 is 5.82 Å². The number of benzene rings is 1. The standard InChI is InChI=1S/C15H15FN4O2S/c1-17-15(21)18-5-10-2-9-3-12(16)14(4-13(9)20-10)22-6-11-7-23-8-19-11/h2-4,7-8,20H,5-6H2,1H3,(H2,17,18,21). The van der Waals surface area contributed by atoms with E-state index in [4.69, 9.17) is 4.74 Å². The first kappa shape index (κ1) is 15.3. The number of H-pyrrole nitrogens is 1. The molecule has 8 heteroatoms. The van der Waals surface area contributed by atoms with Crippen LogP contribution < -0.4 is 15.4 Å². The van der Waals surface area contributed by atoms with Crippen LogP contribution in [0.15, 0.2) is 29.1 Å². The number of nitrogens with one attached hydrogen (secondary N) is 3.